The number of nitrogens with zero attached hydrogens (tertiary/aromatic N) is 8. The first-order chi connectivity index (χ1) is 19.9. The minimum Gasteiger partial charge on any atom is -0.490 e. The zero-order valence-corrected chi connectivity index (χ0v) is 21.1. The topological polar surface area (TPSA) is 128 Å². The number of hydrogen-bond donors (Lipinski definition) is 1. The van der Waals surface area contributed by atoms with Gasteiger partial charge in [0, 0.05) is 23.3 Å². The molecule has 41 heavy (non-hydrogen) atoms. The fraction of sp³-hybridized carbons (Fsp3) is 0.143. The van der Waals surface area contributed by atoms with E-state index in [9.17, 15) is 19.7 Å². The number of rotatable bonds is 4. The Morgan fingerprint density at radius 1 is 1.10 bits per heavy atom. The summed E-state index contributed by atoms with van der Waals surface area (Å²) in [4.78, 5) is 27.6. The Kier molecular flexibility index (Phi) is 5.49. The van der Waals surface area contributed by atoms with Gasteiger partial charge in [0.25, 0.3) is 0 Å². The number of imidazole rings is 2. The van der Waals surface area contributed by atoms with Gasteiger partial charge < -0.3 is 4.74 Å². The molecule has 13 heteroatoms. The van der Waals surface area contributed by atoms with E-state index in [0.717, 1.165) is 16.9 Å². The number of nitriles is 1. The van der Waals surface area contributed by atoms with Crippen molar-refractivity contribution in [3.05, 3.63) is 106 Å². The zero-order chi connectivity index (χ0) is 28.2. The SMILES string of the molecule is N#Cc1ccc2ncn(-c3ncc4c(n3)n([C@@H]3CCOc5c(F)ccc(F)c53)c(=O)n4Cc3cc[n+](O)cc3)c2c1. The van der Waals surface area contributed by atoms with Crippen LogP contribution < -0.4 is 15.2 Å². The molecule has 0 fully saturated rings. The highest BCUT2D eigenvalue weighted by Crippen LogP contribution is 2.39. The highest BCUT2D eigenvalue weighted by atomic mass is 19.1. The smallest absolute Gasteiger partial charge is 0.331 e. The van der Waals surface area contributed by atoms with Crippen LogP contribution in [-0.4, -0.2) is 40.5 Å². The van der Waals surface area contributed by atoms with Gasteiger partial charge in [-0.15, -0.1) is 0 Å². The van der Waals surface area contributed by atoms with E-state index in [0.29, 0.717) is 27.7 Å². The predicted octanol–water partition coefficient (Wildman–Crippen LogP) is 3.03. The molecule has 1 N–H and O–H groups in total. The summed E-state index contributed by atoms with van der Waals surface area (Å²) in [5.41, 5.74) is 2.33. The van der Waals surface area contributed by atoms with Gasteiger partial charge in [-0.2, -0.15) is 10.2 Å². The van der Waals surface area contributed by atoms with Crippen molar-refractivity contribution in [2.45, 2.75) is 19.0 Å². The van der Waals surface area contributed by atoms with Crippen molar-refractivity contribution in [3.8, 4) is 17.8 Å². The second kappa shape index (κ2) is 9.23. The highest BCUT2D eigenvalue weighted by molar-refractivity contribution is 5.79. The summed E-state index contributed by atoms with van der Waals surface area (Å²) in [7, 11) is 0. The average Bonchev–Trinajstić information content (AvgIpc) is 3.53. The molecule has 6 aromatic rings. The molecule has 2 aromatic carbocycles. The lowest BCUT2D eigenvalue weighted by atomic mass is 9.99. The minimum atomic E-state index is -0.909. The second-order valence-electron chi connectivity index (χ2n) is 9.56. The maximum absolute atomic E-state index is 15.2. The third-order valence-corrected chi connectivity index (χ3v) is 7.19. The van der Waals surface area contributed by atoms with Gasteiger partial charge in [-0.05, 0) is 35.9 Å². The van der Waals surface area contributed by atoms with Crippen molar-refractivity contribution in [1.29, 1.82) is 5.26 Å². The van der Waals surface area contributed by atoms with Crippen molar-refractivity contribution in [2.75, 3.05) is 6.61 Å². The summed E-state index contributed by atoms with van der Waals surface area (Å²) in [5, 5.41) is 19.0. The first kappa shape index (κ1) is 24.4. The van der Waals surface area contributed by atoms with E-state index in [-0.39, 0.29) is 42.5 Å². The van der Waals surface area contributed by atoms with Crippen LogP contribution in [0.3, 0.4) is 0 Å². The van der Waals surface area contributed by atoms with Crippen molar-refractivity contribution in [2.24, 2.45) is 0 Å². The van der Waals surface area contributed by atoms with Crippen LogP contribution in [0.1, 0.15) is 29.2 Å². The summed E-state index contributed by atoms with van der Waals surface area (Å²) in [6.07, 6.45) is 6.06. The van der Waals surface area contributed by atoms with Gasteiger partial charge >= 0.3 is 5.69 Å². The Hall–Kier alpha value is -5.64. The van der Waals surface area contributed by atoms with Gasteiger partial charge in [0.15, 0.2) is 17.2 Å². The lowest BCUT2D eigenvalue weighted by Gasteiger charge is -2.27. The largest absolute Gasteiger partial charge is 0.490 e. The molecule has 0 spiro atoms. The molecule has 0 amide bonds. The zero-order valence-electron chi connectivity index (χ0n) is 21.1. The Labute approximate surface area is 229 Å². The lowest BCUT2D eigenvalue weighted by molar-refractivity contribution is -0.904. The number of pyridine rings is 1. The first-order valence-electron chi connectivity index (χ1n) is 12.6. The molecule has 0 bridgehead atoms. The van der Waals surface area contributed by atoms with Crippen LogP contribution in [0.5, 0.6) is 5.75 Å². The predicted molar refractivity (Wildman–Crippen MR) is 139 cm³/mol. The molecule has 7 rings (SSSR count). The van der Waals surface area contributed by atoms with Gasteiger partial charge in [-0.1, -0.05) is 0 Å². The summed E-state index contributed by atoms with van der Waals surface area (Å²) in [5.74, 6) is -1.48. The molecule has 0 aliphatic carbocycles. The molecule has 4 aromatic heterocycles. The number of halogens is 2. The highest BCUT2D eigenvalue weighted by Gasteiger charge is 2.33. The van der Waals surface area contributed by atoms with E-state index >= 15 is 4.39 Å². The molecule has 1 aliphatic rings. The molecular formula is C28H19F2N8O3+. The molecule has 0 saturated carbocycles. The Bertz CT molecular complexity index is 2090. The maximum Gasteiger partial charge on any atom is 0.331 e. The molecule has 5 heterocycles. The quantitative estimate of drug-likeness (QED) is 0.263. The van der Waals surface area contributed by atoms with Crippen LogP contribution >= 0.6 is 0 Å². The van der Waals surface area contributed by atoms with E-state index in [2.05, 4.69) is 16.0 Å². The van der Waals surface area contributed by atoms with Gasteiger partial charge in [-0.25, -0.2) is 23.5 Å². The Morgan fingerprint density at radius 3 is 2.71 bits per heavy atom. The summed E-state index contributed by atoms with van der Waals surface area (Å²) in [6.45, 7) is 0.167. The van der Waals surface area contributed by atoms with Crippen LogP contribution in [0.25, 0.3) is 28.1 Å². The normalized spacial score (nSPS) is 14.6. The van der Waals surface area contributed by atoms with Crippen molar-refractivity contribution in [1.82, 2.24) is 28.7 Å². The summed E-state index contributed by atoms with van der Waals surface area (Å²) >= 11 is 0. The third-order valence-electron chi connectivity index (χ3n) is 7.19. The fourth-order valence-electron chi connectivity index (χ4n) is 5.25. The average molecular weight is 554 g/mol. The van der Waals surface area contributed by atoms with E-state index in [1.165, 1.54) is 34.1 Å². The van der Waals surface area contributed by atoms with Gasteiger partial charge in [-0.3, -0.25) is 18.9 Å². The van der Waals surface area contributed by atoms with Crippen molar-refractivity contribution in [3.63, 3.8) is 0 Å². The van der Waals surface area contributed by atoms with E-state index in [1.807, 2.05) is 0 Å². The molecule has 0 unspecified atom stereocenters. The fourth-order valence-corrected chi connectivity index (χ4v) is 5.25. The molecule has 1 aliphatic heterocycles. The molecule has 0 saturated heterocycles. The van der Waals surface area contributed by atoms with Gasteiger partial charge in [0.2, 0.25) is 18.3 Å². The summed E-state index contributed by atoms with van der Waals surface area (Å²) in [6, 6.07) is 11.5. The van der Waals surface area contributed by atoms with Crippen LogP contribution in [-0.2, 0) is 6.54 Å². The number of aromatic nitrogens is 7. The summed E-state index contributed by atoms with van der Waals surface area (Å²) < 4.78 is 40.6. The third kappa shape index (κ3) is 3.88. The molecule has 0 radical (unpaired) electrons. The number of ether oxygens (including phenoxy) is 1. The van der Waals surface area contributed by atoms with E-state index in [1.54, 1.807) is 34.9 Å². The molecule has 11 nitrogen and oxygen atoms in total. The second-order valence-corrected chi connectivity index (χ2v) is 9.56. The molecule has 202 valence electrons. The van der Waals surface area contributed by atoms with Crippen LogP contribution in [0.2, 0.25) is 0 Å². The maximum atomic E-state index is 15.2. The Morgan fingerprint density at radius 2 is 1.90 bits per heavy atom. The lowest BCUT2D eigenvalue weighted by Crippen LogP contribution is -2.32. The molecular weight excluding hydrogens is 534 g/mol. The molecule has 1 atom stereocenters. The monoisotopic (exact) mass is 553 g/mol. The van der Waals surface area contributed by atoms with Crippen molar-refractivity contribution < 1.29 is 23.5 Å². The van der Waals surface area contributed by atoms with Gasteiger partial charge in [0.1, 0.15) is 17.7 Å². The van der Waals surface area contributed by atoms with E-state index in [4.69, 9.17) is 9.72 Å². The van der Waals surface area contributed by atoms with Gasteiger partial charge in [0.05, 0.1) is 53.6 Å². The van der Waals surface area contributed by atoms with Crippen molar-refractivity contribution >= 4 is 22.2 Å². The Balaban J connectivity index is 1.48. The van der Waals surface area contributed by atoms with E-state index < -0.39 is 23.4 Å². The minimum absolute atomic E-state index is 0.0629. The number of fused-ring (bicyclic) bond motifs is 3. The standard InChI is InChI=1S/C28H19F2N8O3/c29-18-2-3-19(30)25-24(18)21(7-10-41-25)38-26-23(36(28(38)39)14-16-5-8-35(40)9-6-16)13-32-27(34-26)37-15-33-20-4-1-17(12-31)11-22(20)37/h1-6,8-9,11,13,15,21,40H,7,10,14H2/q+1/t21-/m1/s1. The van der Waals surface area contributed by atoms with Crippen LogP contribution in [0.4, 0.5) is 8.78 Å². The first-order valence-corrected chi connectivity index (χ1v) is 12.6. The number of hydrogen-bond acceptors (Lipinski definition) is 7. The van der Waals surface area contributed by atoms with Crippen LogP contribution in [0, 0.1) is 23.0 Å². The number of benzene rings is 2. The van der Waals surface area contributed by atoms with Crippen LogP contribution in [0.15, 0.2) is 72.2 Å².